The third-order valence-electron chi connectivity index (χ3n) is 2.27. The van der Waals surface area contributed by atoms with Gasteiger partial charge in [-0.15, -0.1) is 10.2 Å². The van der Waals surface area contributed by atoms with Gasteiger partial charge in [-0.1, -0.05) is 23.2 Å². The van der Waals surface area contributed by atoms with Crippen molar-refractivity contribution in [1.29, 1.82) is 0 Å². The lowest BCUT2D eigenvalue weighted by molar-refractivity contribution is 0.187. The van der Waals surface area contributed by atoms with E-state index in [1.165, 1.54) is 0 Å². The fraction of sp³-hybridized carbons (Fsp3) is 0.273. The Hall–Kier alpha value is -1.10. The molecule has 0 atom stereocenters. The molecular weight excluding hydrogens is 261 g/mol. The van der Waals surface area contributed by atoms with Crippen LogP contribution in [0.1, 0.15) is 0 Å². The van der Waals surface area contributed by atoms with Crippen LogP contribution >= 0.6 is 23.2 Å². The number of aromatic nitrogens is 3. The second-order valence-corrected chi connectivity index (χ2v) is 4.37. The lowest BCUT2D eigenvalue weighted by atomic mass is 10.2. The molecule has 90 valence electrons. The SMILES string of the molecule is COCCn1cnnc1-c1cc(Cl)cc(Cl)c1. The molecule has 17 heavy (non-hydrogen) atoms. The summed E-state index contributed by atoms with van der Waals surface area (Å²) in [5, 5.41) is 9.10. The van der Waals surface area contributed by atoms with E-state index >= 15 is 0 Å². The Kier molecular flexibility index (Phi) is 3.99. The molecule has 0 saturated carbocycles. The number of halogens is 2. The summed E-state index contributed by atoms with van der Waals surface area (Å²) in [5.74, 6) is 0.728. The van der Waals surface area contributed by atoms with Crippen LogP contribution in [0.3, 0.4) is 0 Å². The van der Waals surface area contributed by atoms with Gasteiger partial charge in [-0.2, -0.15) is 0 Å². The van der Waals surface area contributed by atoms with Gasteiger partial charge in [0.15, 0.2) is 5.82 Å². The molecule has 0 aliphatic heterocycles. The van der Waals surface area contributed by atoms with Gasteiger partial charge >= 0.3 is 0 Å². The monoisotopic (exact) mass is 271 g/mol. The smallest absolute Gasteiger partial charge is 0.163 e. The molecule has 0 aliphatic carbocycles. The minimum atomic E-state index is 0.578. The summed E-state index contributed by atoms with van der Waals surface area (Å²) in [6, 6.07) is 5.30. The maximum Gasteiger partial charge on any atom is 0.163 e. The van der Waals surface area contributed by atoms with E-state index in [9.17, 15) is 0 Å². The van der Waals surface area contributed by atoms with Gasteiger partial charge in [0, 0.05) is 29.3 Å². The van der Waals surface area contributed by atoms with Crippen molar-refractivity contribution in [3.05, 3.63) is 34.6 Å². The van der Waals surface area contributed by atoms with Crippen LogP contribution in [-0.4, -0.2) is 28.5 Å². The molecule has 0 N–H and O–H groups in total. The highest BCUT2D eigenvalue weighted by atomic mass is 35.5. The first-order chi connectivity index (χ1) is 8.20. The number of rotatable bonds is 4. The Labute approximate surface area is 109 Å². The number of hydrogen-bond donors (Lipinski definition) is 0. The number of hydrogen-bond acceptors (Lipinski definition) is 3. The third kappa shape index (κ3) is 2.97. The highest BCUT2D eigenvalue weighted by Gasteiger charge is 2.08. The van der Waals surface area contributed by atoms with Gasteiger partial charge in [-0.3, -0.25) is 0 Å². The van der Waals surface area contributed by atoms with E-state index in [4.69, 9.17) is 27.9 Å². The highest BCUT2D eigenvalue weighted by molar-refractivity contribution is 6.35. The predicted molar refractivity (Wildman–Crippen MR) is 67.4 cm³/mol. The van der Waals surface area contributed by atoms with Crippen LogP contribution in [0.25, 0.3) is 11.4 Å². The van der Waals surface area contributed by atoms with Crippen molar-refractivity contribution in [3.63, 3.8) is 0 Å². The van der Waals surface area contributed by atoms with E-state index in [-0.39, 0.29) is 0 Å². The molecule has 0 saturated heterocycles. The fourth-order valence-electron chi connectivity index (χ4n) is 1.51. The molecule has 2 aromatic rings. The van der Waals surface area contributed by atoms with Gasteiger partial charge in [-0.05, 0) is 18.2 Å². The Morgan fingerprint density at radius 1 is 1.24 bits per heavy atom. The predicted octanol–water partition coefficient (Wildman–Crippen LogP) is 2.90. The molecule has 0 unspecified atom stereocenters. The second kappa shape index (κ2) is 5.49. The van der Waals surface area contributed by atoms with Crippen LogP contribution in [0.4, 0.5) is 0 Å². The van der Waals surface area contributed by atoms with Gasteiger partial charge in [0.1, 0.15) is 6.33 Å². The number of benzene rings is 1. The molecule has 0 radical (unpaired) electrons. The molecular formula is C11H11Cl2N3O. The molecule has 6 heteroatoms. The van der Waals surface area contributed by atoms with E-state index in [2.05, 4.69) is 10.2 Å². The first-order valence-corrected chi connectivity index (χ1v) is 5.79. The fourth-order valence-corrected chi connectivity index (χ4v) is 2.04. The lowest BCUT2D eigenvalue weighted by Crippen LogP contribution is -2.04. The Bertz CT molecular complexity index is 493. The van der Waals surface area contributed by atoms with Gasteiger partial charge in [-0.25, -0.2) is 0 Å². The van der Waals surface area contributed by atoms with Crippen LogP contribution in [0.5, 0.6) is 0 Å². The van der Waals surface area contributed by atoms with Gasteiger partial charge in [0.2, 0.25) is 0 Å². The van der Waals surface area contributed by atoms with E-state index in [1.54, 1.807) is 31.6 Å². The number of nitrogens with zero attached hydrogens (tertiary/aromatic N) is 3. The maximum absolute atomic E-state index is 5.96. The van der Waals surface area contributed by atoms with Crippen LogP contribution < -0.4 is 0 Å². The molecule has 0 aliphatic rings. The quantitative estimate of drug-likeness (QED) is 0.859. The van der Waals surface area contributed by atoms with Crippen molar-refractivity contribution in [1.82, 2.24) is 14.8 Å². The first kappa shape index (κ1) is 12.4. The Morgan fingerprint density at radius 2 is 1.94 bits per heavy atom. The summed E-state index contributed by atoms with van der Waals surface area (Å²) in [6.07, 6.45) is 1.66. The number of ether oxygens (including phenoxy) is 1. The average molecular weight is 272 g/mol. The van der Waals surface area contributed by atoms with Crippen LogP contribution in [0.15, 0.2) is 24.5 Å². The third-order valence-corrected chi connectivity index (χ3v) is 2.71. The molecule has 4 nitrogen and oxygen atoms in total. The molecule has 1 aromatic carbocycles. The topological polar surface area (TPSA) is 39.9 Å². The van der Waals surface area contributed by atoms with Crippen LogP contribution in [0, 0.1) is 0 Å². The minimum Gasteiger partial charge on any atom is -0.383 e. The largest absolute Gasteiger partial charge is 0.383 e. The molecule has 2 rings (SSSR count). The molecule has 0 fully saturated rings. The van der Waals surface area contributed by atoms with Crippen molar-refractivity contribution in [2.75, 3.05) is 13.7 Å². The molecule has 0 bridgehead atoms. The zero-order valence-corrected chi connectivity index (χ0v) is 10.7. The van der Waals surface area contributed by atoms with Crippen LogP contribution in [-0.2, 0) is 11.3 Å². The van der Waals surface area contributed by atoms with Crippen LogP contribution in [0.2, 0.25) is 10.0 Å². The van der Waals surface area contributed by atoms with Crippen molar-refractivity contribution in [3.8, 4) is 11.4 Å². The maximum atomic E-state index is 5.96. The van der Waals surface area contributed by atoms with Crippen molar-refractivity contribution < 1.29 is 4.74 Å². The van der Waals surface area contributed by atoms with E-state index in [1.807, 2.05) is 4.57 Å². The summed E-state index contributed by atoms with van der Waals surface area (Å²) in [6.45, 7) is 1.28. The zero-order chi connectivity index (χ0) is 12.3. The van der Waals surface area contributed by atoms with Crippen molar-refractivity contribution in [2.24, 2.45) is 0 Å². The summed E-state index contributed by atoms with van der Waals surface area (Å²) < 4.78 is 6.92. The molecule has 0 spiro atoms. The standard InChI is InChI=1S/C11H11Cl2N3O/c1-17-3-2-16-7-14-15-11(16)8-4-9(12)6-10(13)5-8/h4-7H,2-3H2,1H3. The van der Waals surface area contributed by atoms with Crippen molar-refractivity contribution >= 4 is 23.2 Å². The normalized spacial score (nSPS) is 10.8. The van der Waals surface area contributed by atoms with Gasteiger partial charge in [0.05, 0.1) is 6.61 Å². The van der Waals surface area contributed by atoms with E-state index in [0.29, 0.717) is 23.2 Å². The molecule has 0 amide bonds. The summed E-state index contributed by atoms with van der Waals surface area (Å²) >= 11 is 11.9. The van der Waals surface area contributed by atoms with E-state index < -0.39 is 0 Å². The minimum absolute atomic E-state index is 0.578. The zero-order valence-electron chi connectivity index (χ0n) is 9.23. The summed E-state index contributed by atoms with van der Waals surface area (Å²) in [7, 11) is 1.65. The van der Waals surface area contributed by atoms with Gasteiger partial charge < -0.3 is 9.30 Å². The van der Waals surface area contributed by atoms with Gasteiger partial charge in [0.25, 0.3) is 0 Å². The second-order valence-electron chi connectivity index (χ2n) is 3.50. The Morgan fingerprint density at radius 3 is 2.59 bits per heavy atom. The average Bonchev–Trinajstić information content (AvgIpc) is 2.73. The number of methoxy groups -OCH3 is 1. The molecule has 1 aromatic heterocycles. The van der Waals surface area contributed by atoms with Crippen molar-refractivity contribution in [2.45, 2.75) is 6.54 Å². The summed E-state index contributed by atoms with van der Waals surface area (Å²) in [5.41, 5.74) is 0.844. The molecule has 1 heterocycles. The first-order valence-electron chi connectivity index (χ1n) is 5.04. The summed E-state index contributed by atoms with van der Waals surface area (Å²) in [4.78, 5) is 0. The lowest BCUT2D eigenvalue weighted by Gasteiger charge is -2.06. The van der Waals surface area contributed by atoms with E-state index in [0.717, 1.165) is 11.4 Å². The highest BCUT2D eigenvalue weighted by Crippen LogP contribution is 2.25. The Balaban J connectivity index is 2.35.